The maximum absolute atomic E-state index is 6.17. The Morgan fingerprint density at radius 3 is 2.67 bits per heavy atom. The predicted molar refractivity (Wildman–Crippen MR) is 102 cm³/mol. The number of nitrogen functional groups attached to an aromatic ring is 1. The molecule has 1 aromatic carbocycles. The number of anilines is 1. The zero-order valence-electron chi connectivity index (χ0n) is 13.4. The topological polar surface area (TPSA) is 64.7 Å². The van der Waals surface area contributed by atoms with Crippen molar-refractivity contribution in [1.82, 2.24) is 15.0 Å². The molecule has 0 bridgehead atoms. The molecule has 0 aliphatic carbocycles. The van der Waals surface area contributed by atoms with Gasteiger partial charge in [0, 0.05) is 22.4 Å². The van der Waals surface area contributed by atoms with Gasteiger partial charge in [0.05, 0.1) is 5.39 Å². The van der Waals surface area contributed by atoms with E-state index in [4.69, 9.17) is 5.73 Å². The molecule has 0 saturated carbocycles. The van der Waals surface area contributed by atoms with Crippen molar-refractivity contribution < 1.29 is 0 Å². The van der Waals surface area contributed by atoms with Crippen LogP contribution in [0.3, 0.4) is 0 Å². The van der Waals surface area contributed by atoms with E-state index in [1.807, 2.05) is 12.3 Å². The van der Waals surface area contributed by atoms with Crippen molar-refractivity contribution in [3.8, 4) is 10.8 Å². The third-order valence-electron chi connectivity index (χ3n) is 3.91. The van der Waals surface area contributed by atoms with Crippen molar-refractivity contribution in [2.75, 3.05) is 5.73 Å². The normalized spacial score (nSPS) is 11.2. The van der Waals surface area contributed by atoms with Gasteiger partial charge in [-0.05, 0) is 31.0 Å². The second kappa shape index (κ2) is 5.96. The summed E-state index contributed by atoms with van der Waals surface area (Å²) in [5, 5.41) is 3.74. The molecular weight excluding hydrogens is 336 g/mol. The second-order valence-corrected chi connectivity index (χ2v) is 7.73. The maximum atomic E-state index is 6.17. The van der Waals surface area contributed by atoms with Crippen LogP contribution in [0.1, 0.15) is 21.7 Å². The molecule has 2 N–H and O–H groups in total. The first-order chi connectivity index (χ1) is 11.6. The number of aryl methyl sites for hydroxylation is 2. The Morgan fingerprint density at radius 2 is 1.92 bits per heavy atom. The lowest BCUT2D eigenvalue weighted by molar-refractivity contribution is 1.19. The minimum absolute atomic E-state index is 0.523. The average molecular weight is 352 g/mol. The van der Waals surface area contributed by atoms with Gasteiger partial charge in [-0.2, -0.15) is 0 Å². The van der Waals surface area contributed by atoms with Crippen LogP contribution in [0.5, 0.6) is 0 Å². The summed E-state index contributed by atoms with van der Waals surface area (Å²) >= 11 is 3.22. The minimum Gasteiger partial charge on any atom is -0.383 e. The van der Waals surface area contributed by atoms with E-state index in [9.17, 15) is 0 Å². The zero-order valence-corrected chi connectivity index (χ0v) is 15.0. The molecule has 0 fully saturated rings. The molecule has 0 spiro atoms. The van der Waals surface area contributed by atoms with Gasteiger partial charge in [0.1, 0.15) is 10.6 Å². The van der Waals surface area contributed by atoms with Crippen LogP contribution in [-0.4, -0.2) is 15.0 Å². The van der Waals surface area contributed by atoms with Crippen LogP contribution >= 0.6 is 22.7 Å². The van der Waals surface area contributed by atoms with Crippen LogP contribution < -0.4 is 5.73 Å². The average Bonchev–Trinajstić information content (AvgIpc) is 3.16. The fourth-order valence-corrected chi connectivity index (χ4v) is 4.42. The molecule has 4 aromatic rings. The highest BCUT2D eigenvalue weighted by Crippen LogP contribution is 2.32. The van der Waals surface area contributed by atoms with Gasteiger partial charge in [0.15, 0.2) is 10.8 Å². The summed E-state index contributed by atoms with van der Waals surface area (Å²) in [6, 6.07) is 10.6. The molecule has 120 valence electrons. The van der Waals surface area contributed by atoms with E-state index in [-0.39, 0.29) is 0 Å². The number of nitrogens with two attached hydrogens (primary N) is 1. The molecule has 0 amide bonds. The summed E-state index contributed by atoms with van der Waals surface area (Å²) in [5.41, 5.74) is 9.77. The third-order valence-corrected chi connectivity index (χ3v) is 5.89. The van der Waals surface area contributed by atoms with Crippen LogP contribution in [-0.2, 0) is 6.42 Å². The fraction of sp³-hybridized carbons (Fsp3) is 0.167. The van der Waals surface area contributed by atoms with E-state index < -0.39 is 0 Å². The van der Waals surface area contributed by atoms with Gasteiger partial charge in [0.2, 0.25) is 0 Å². The number of thiazole rings is 1. The Kier molecular flexibility index (Phi) is 3.78. The van der Waals surface area contributed by atoms with Gasteiger partial charge in [-0.1, -0.05) is 24.3 Å². The second-order valence-electron chi connectivity index (χ2n) is 5.76. The minimum atomic E-state index is 0.523. The van der Waals surface area contributed by atoms with Crippen LogP contribution in [0, 0.1) is 13.8 Å². The molecule has 0 aliphatic rings. The third kappa shape index (κ3) is 2.79. The largest absolute Gasteiger partial charge is 0.383 e. The molecule has 3 aromatic heterocycles. The van der Waals surface area contributed by atoms with E-state index in [1.54, 1.807) is 22.7 Å². The van der Waals surface area contributed by atoms with E-state index in [0.717, 1.165) is 27.3 Å². The molecule has 0 saturated heterocycles. The molecule has 0 atom stereocenters. The number of hydrogen-bond donors (Lipinski definition) is 1. The first-order valence-electron chi connectivity index (χ1n) is 7.63. The number of thiophene rings is 1. The number of fused-ring (bicyclic) bond motifs is 1. The van der Waals surface area contributed by atoms with E-state index >= 15 is 0 Å². The van der Waals surface area contributed by atoms with Gasteiger partial charge in [-0.15, -0.1) is 22.7 Å². The number of aromatic nitrogens is 3. The maximum Gasteiger partial charge on any atom is 0.192 e. The summed E-state index contributed by atoms with van der Waals surface area (Å²) in [7, 11) is 0. The first kappa shape index (κ1) is 15.2. The molecule has 6 heteroatoms. The Morgan fingerprint density at radius 1 is 1.08 bits per heavy atom. The van der Waals surface area contributed by atoms with E-state index in [1.165, 1.54) is 16.0 Å². The molecule has 24 heavy (non-hydrogen) atoms. The standard InChI is InChI=1S/C18H16N4S2/c1-10-5-3-4-6-12(10)7-13-8-14-15(19)21-16(22-17(14)24-13)18-20-11(2)9-23-18/h3-6,8-9H,7H2,1-2H3,(H2,19,21,22). The van der Waals surface area contributed by atoms with Gasteiger partial charge < -0.3 is 5.73 Å². The highest BCUT2D eigenvalue weighted by atomic mass is 32.1. The molecule has 0 aliphatic heterocycles. The van der Waals surface area contributed by atoms with Crippen molar-refractivity contribution in [3.05, 3.63) is 57.4 Å². The summed E-state index contributed by atoms with van der Waals surface area (Å²) in [6.45, 7) is 4.10. The van der Waals surface area contributed by atoms with Crippen LogP contribution in [0.4, 0.5) is 5.82 Å². The molecule has 0 unspecified atom stereocenters. The smallest absolute Gasteiger partial charge is 0.192 e. The van der Waals surface area contributed by atoms with Crippen molar-refractivity contribution in [2.45, 2.75) is 20.3 Å². The van der Waals surface area contributed by atoms with Gasteiger partial charge in [-0.3, -0.25) is 0 Å². The fourth-order valence-electron chi connectivity index (χ4n) is 2.63. The predicted octanol–water partition coefficient (Wildman–Crippen LogP) is 4.60. The highest BCUT2D eigenvalue weighted by Gasteiger charge is 2.13. The Bertz CT molecular complexity index is 1030. The lowest BCUT2D eigenvalue weighted by Crippen LogP contribution is -1.95. The number of rotatable bonds is 3. The van der Waals surface area contributed by atoms with Crippen LogP contribution in [0.25, 0.3) is 21.0 Å². The van der Waals surface area contributed by atoms with Crippen molar-refractivity contribution in [3.63, 3.8) is 0 Å². The van der Waals surface area contributed by atoms with Gasteiger partial charge >= 0.3 is 0 Å². The summed E-state index contributed by atoms with van der Waals surface area (Å²) in [4.78, 5) is 15.7. The lowest BCUT2D eigenvalue weighted by Gasteiger charge is -2.02. The molecule has 3 heterocycles. The molecule has 4 rings (SSSR count). The van der Waals surface area contributed by atoms with Crippen LogP contribution in [0.15, 0.2) is 35.7 Å². The van der Waals surface area contributed by atoms with Crippen molar-refractivity contribution in [1.29, 1.82) is 0 Å². The van der Waals surface area contributed by atoms with Gasteiger partial charge in [-0.25, -0.2) is 15.0 Å². The lowest BCUT2D eigenvalue weighted by atomic mass is 10.1. The molecular formula is C18H16N4S2. The van der Waals surface area contributed by atoms with E-state index in [0.29, 0.717) is 11.6 Å². The Hall–Kier alpha value is -2.31. The van der Waals surface area contributed by atoms with E-state index in [2.05, 4.69) is 52.2 Å². The van der Waals surface area contributed by atoms with Crippen LogP contribution in [0.2, 0.25) is 0 Å². The Balaban J connectivity index is 1.75. The number of benzene rings is 1. The molecule has 4 nitrogen and oxygen atoms in total. The van der Waals surface area contributed by atoms with Gasteiger partial charge in [0.25, 0.3) is 0 Å². The van der Waals surface area contributed by atoms with Crippen molar-refractivity contribution in [2.24, 2.45) is 0 Å². The Labute approximate surface area is 148 Å². The SMILES string of the molecule is Cc1csc(-c2nc(N)c3cc(Cc4ccccc4C)sc3n2)n1. The molecule has 0 radical (unpaired) electrons. The highest BCUT2D eigenvalue weighted by molar-refractivity contribution is 7.18. The number of hydrogen-bond acceptors (Lipinski definition) is 6. The quantitative estimate of drug-likeness (QED) is 0.585. The summed E-state index contributed by atoms with van der Waals surface area (Å²) in [6.07, 6.45) is 0.888. The summed E-state index contributed by atoms with van der Waals surface area (Å²) in [5.74, 6) is 1.14. The van der Waals surface area contributed by atoms with Crippen molar-refractivity contribution >= 4 is 38.7 Å². The zero-order chi connectivity index (χ0) is 16.7. The monoisotopic (exact) mass is 352 g/mol. The summed E-state index contributed by atoms with van der Waals surface area (Å²) < 4.78 is 0. The first-order valence-corrected chi connectivity index (χ1v) is 9.33. The number of nitrogens with zero attached hydrogens (tertiary/aromatic N) is 3.